The Balaban J connectivity index is 1.10. The first-order valence-corrected chi connectivity index (χ1v) is 15.0. The van der Waals surface area contributed by atoms with Crippen molar-refractivity contribution in [2.45, 2.75) is 48.3 Å². The molecule has 1 unspecified atom stereocenters. The number of carboxylic acid groups (broad SMARTS) is 1. The van der Waals surface area contributed by atoms with Gasteiger partial charge in [-0.1, -0.05) is 54.2 Å². The van der Waals surface area contributed by atoms with E-state index in [-0.39, 0.29) is 23.7 Å². The smallest absolute Gasteiger partial charge is 0.335 e. The Bertz CT molecular complexity index is 1540. The van der Waals surface area contributed by atoms with Crippen molar-refractivity contribution in [1.29, 1.82) is 0 Å². The highest BCUT2D eigenvalue weighted by Gasteiger charge is 2.43. The third-order valence-electron chi connectivity index (χ3n) is 8.09. The summed E-state index contributed by atoms with van der Waals surface area (Å²) in [5.74, 6) is -0.228. The molecule has 4 heterocycles. The number of piperidine rings is 1. The monoisotopic (exact) mass is 579 g/mol. The number of rotatable bonds is 8. The molecule has 2 aromatic carbocycles. The second kappa shape index (κ2) is 12.3. The number of urea groups is 1. The van der Waals surface area contributed by atoms with E-state index >= 15 is 0 Å². The number of aryl methyl sites for hydroxylation is 1. The summed E-state index contributed by atoms with van der Waals surface area (Å²) in [4.78, 5) is 41.5. The van der Waals surface area contributed by atoms with E-state index in [0.717, 1.165) is 53.7 Å². The van der Waals surface area contributed by atoms with Crippen LogP contribution in [0.3, 0.4) is 0 Å². The Kier molecular flexibility index (Phi) is 8.21. The number of anilines is 1. The van der Waals surface area contributed by atoms with Crippen molar-refractivity contribution in [3.05, 3.63) is 114 Å². The second-order valence-electron chi connectivity index (χ2n) is 10.7. The molecule has 214 valence electrons. The third kappa shape index (κ3) is 6.03. The van der Waals surface area contributed by atoms with Gasteiger partial charge in [-0.15, -0.1) is 0 Å². The summed E-state index contributed by atoms with van der Waals surface area (Å²) < 4.78 is 0. The van der Waals surface area contributed by atoms with Crippen LogP contribution in [-0.2, 0) is 6.54 Å². The van der Waals surface area contributed by atoms with E-state index in [1.807, 2.05) is 66.4 Å². The topological polar surface area (TPSA) is 89.9 Å². The molecule has 42 heavy (non-hydrogen) atoms. The molecule has 2 aliphatic heterocycles. The molecule has 2 saturated heterocycles. The fourth-order valence-corrected chi connectivity index (χ4v) is 6.67. The molecule has 0 bridgehead atoms. The Morgan fingerprint density at radius 3 is 2.36 bits per heavy atom. The molecule has 1 N–H and O–H groups in total. The minimum absolute atomic E-state index is 0.00549. The van der Waals surface area contributed by atoms with Gasteiger partial charge in [0.25, 0.3) is 0 Å². The van der Waals surface area contributed by atoms with Crippen LogP contribution in [0.2, 0.25) is 0 Å². The molecule has 0 radical (unpaired) electrons. The zero-order valence-electron chi connectivity index (χ0n) is 23.5. The highest BCUT2D eigenvalue weighted by Crippen LogP contribution is 2.36. The van der Waals surface area contributed by atoms with Gasteiger partial charge >= 0.3 is 12.0 Å². The fourth-order valence-electron chi connectivity index (χ4n) is 5.84. The molecule has 6 rings (SSSR count). The maximum absolute atomic E-state index is 13.8. The molecule has 0 aliphatic carbocycles. The number of nitrogens with zero attached hydrogens (tertiary/aromatic N) is 5. The van der Waals surface area contributed by atoms with Crippen LogP contribution in [-0.4, -0.2) is 62.6 Å². The van der Waals surface area contributed by atoms with Crippen molar-refractivity contribution in [2.75, 3.05) is 24.5 Å². The minimum atomic E-state index is -0.927. The number of hydrogen-bond acceptors (Lipinski definition) is 6. The summed E-state index contributed by atoms with van der Waals surface area (Å²) in [6, 6.07) is 27.2. The van der Waals surface area contributed by atoms with Crippen molar-refractivity contribution in [2.24, 2.45) is 0 Å². The van der Waals surface area contributed by atoms with Gasteiger partial charge in [0.1, 0.15) is 10.8 Å². The van der Waals surface area contributed by atoms with E-state index in [1.165, 1.54) is 17.3 Å². The average Bonchev–Trinajstić information content (AvgIpc) is 3.37. The van der Waals surface area contributed by atoms with Crippen LogP contribution in [0.25, 0.3) is 0 Å². The average molecular weight is 580 g/mol. The summed E-state index contributed by atoms with van der Waals surface area (Å²) in [5.41, 5.74) is 3.62. The molecule has 1 atom stereocenters. The lowest BCUT2D eigenvalue weighted by molar-refractivity contribution is 0.0696. The Morgan fingerprint density at radius 1 is 0.952 bits per heavy atom. The Morgan fingerprint density at radius 2 is 1.69 bits per heavy atom. The number of aromatic nitrogens is 2. The molecular formula is C33H33N5O3S. The van der Waals surface area contributed by atoms with Gasteiger partial charge in [-0.25, -0.2) is 19.6 Å². The van der Waals surface area contributed by atoms with Gasteiger partial charge in [-0.3, -0.25) is 9.80 Å². The molecule has 0 spiro atoms. The summed E-state index contributed by atoms with van der Waals surface area (Å²) in [7, 11) is 0. The van der Waals surface area contributed by atoms with Gasteiger partial charge < -0.3 is 10.0 Å². The zero-order chi connectivity index (χ0) is 29.1. The number of pyridine rings is 2. The van der Waals surface area contributed by atoms with Crippen LogP contribution < -0.4 is 4.90 Å². The normalized spacial score (nSPS) is 18.0. The lowest BCUT2D eigenvalue weighted by Gasteiger charge is -2.39. The first kappa shape index (κ1) is 27.9. The number of benzene rings is 2. The Hall–Kier alpha value is -4.21. The first-order chi connectivity index (χ1) is 20.5. The van der Waals surface area contributed by atoms with Gasteiger partial charge in [0.05, 0.1) is 18.2 Å². The van der Waals surface area contributed by atoms with Crippen molar-refractivity contribution in [3.8, 4) is 0 Å². The van der Waals surface area contributed by atoms with Crippen molar-refractivity contribution in [1.82, 2.24) is 19.8 Å². The minimum Gasteiger partial charge on any atom is -0.478 e. The number of aromatic carboxylic acids is 1. The quantitative estimate of drug-likeness (QED) is 0.263. The fraction of sp³-hybridized carbons (Fsp3) is 0.273. The molecule has 2 aromatic heterocycles. The number of carbonyl (C=O) groups excluding carboxylic acids is 1. The second-order valence-corrected chi connectivity index (χ2v) is 11.8. The first-order valence-electron chi connectivity index (χ1n) is 14.2. The van der Waals surface area contributed by atoms with Crippen LogP contribution >= 0.6 is 11.8 Å². The zero-order valence-corrected chi connectivity index (χ0v) is 24.3. The van der Waals surface area contributed by atoms with Gasteiger partial charge in [-0.2, -0.15) is 0 Å². The van der Waals surface area contributed by atoms with Crippen molar-refractivity contribution < 1.29 is 14.7 Å². The largest absolute Gasteiger partial charge is 0.478 e. The van der Waals surface area contributed by atoms with Crippen LogP contribution in [0.4, 0.5) is 10.6 Å². The maximum atomic E-state index is 13.8. The van der Waals surface area contributed by atoms with Gasteiger partial charge in [0, 0.05) is 42.5 Å². The predicted octanol–water partition coefficient (Wildman–Crippen LogP) is 6.28. The summed E-state index contributed by atoms with van der Waals surface area (Å²) in [6.07, 6.45) is 3.57. The van der Waals surface area contributed by atoms with Crippen LogP contribution in [0.1, 0.15) is 46.1 Å². The highest BCUT2D eigenvalue weighted by molar-refractivity contribution is 7.99. The number of likely N-dealkylation sites (tertiary alicyclic amines) is 1. The molecule has 2 aliphatic rings. The van der Waals surface area contributed by atoms with Crippen LogP contribution in [0, 0.1) is 6.92 Å². The number of hydrogen-bond donors (Lipinski definition) is 1. The van der Waals surface area contributed by atoms with Crippen molar-refractivity contribution in [3.63, 3.8) is 0 Å². The van der Waals surface area contributed by atoms with Crippen LogP contribution in [0.15, 0.2) is 101 Å². The molecule has 2 fully saturated rings. The van der Waals surface area contributed by atoms with E-state index in [0.29, 0.717) is 12.4 Å². The van der Waals surface area contributed by atoms with Crippen molar-refractivity contribution >= 4 is 29.6 Å². The lowest BCUT2D eigenvalue weighted by atomic mass is 9.98. The SMILES string of the molecule is Cc1nc(Sc2ccc(C(=O)O)cc2)ccc1CN1CCC(N2C(=O)N(c3ccccn3)CC2c2ccccc2)CC1. The van der Waals surface area contributed by atoms with Gasteiger partial charge in [-0.05, 0) is 73.4 Å². The Labute approximate surface area is 250 Å². The molecule has 0 saturated carbocycles. The van der Waals surface area contributed by atoms with Gasteiger partial charge in [0.15, 0.2) is 0 Å². The van der Waals surface area contributed by atoms with E-state index in [2.05, 4.69) is 33.0 Å². The number of carboxylic acids is 1. The third-order valence-corrected chi connectivity index (χ3v) is 9.04. The summed E-state index contributed by atoms with van der Waals surface area (Å²) in [5, 5.41) is 10.0. The standard InChI is InChI=1S/C33H33N5O3S/c1-23-26(12-15-31(35-23)42-28-13-10-25(11-14-28)32(39)40)21-36-19-16-27(17-20-36)38-29(24-7-3-2-4-8-24)22-37(33(38)41)30-9-5-6-18-34-30/h2-15,18,27,29H,16-17,19-22H2,1H3,(H,39,40). The van der Waals surface area contributed by atoms with E-state index in [4.69, 9.17) is 10.1 Å². The number of carbonyl (C=O) groups is 2. The molecule has 4 aromatic rings. The van der Waals surface area contributed by atoms with E-state index in [1.54, 1.807) is 18.3 Å². The van der Waals surface area contributed by atoms with Crippen LogP contribution in [0.5, 0.6) is 0 Å². The molecule has 8 nitrogen and oxygen atoms in total. The highest BCUT2D eigenvalue weighted by atomic mass is 32.2. The van der Waals surface area contributed by atoms with E-state index < -0.39 is 5.97 Å². The summed E-state index contributed by atoms with van der Waals surface area (Å²) >= 11 is 1.52. The molecule has 2 amide bonds. The molecule has 9 heteroatoms. The maximum Gasteiger partial charge on any atom is 0.335 e. The summed E-state index contributed by atoms with van der Waals surface area (Å²) in [6.45, 7) is 5.27. The van der Waals surface area contributed by atoms with E-state index in [9.17, 15) is 9.59 Å². The number of amides is 2. The molecular weight excluding hydrogens is 546 g/mol. The predicted molar refractivity (Wildman–Crippen MR) is 163 cm³/mol. The van der Waals surface area contributed by atoms with Gasteiger partial charge in [0.2, 0.25) is 0 Å². The lowest BCUT2D eigenvalue weighted by Crippen LogP contribution is -2.47.